The zero-order chi connectivity index (χ0) is 24.7. The first kappa shape index (κ1) is 25.8. The van der Waals surface area contributed by atoms with Gasteiger partial charge in [-0.25, -0.2) is 8.78 Å². The van der Waals surface area contributed by atoms with E-state index in [4.69, 9.17) is 4.74 Å². The van der Waals surface area contributed by atoms with E-state index in [0.29, 0.717) is 17.7 Å². The highest BCUT2D eigenvalue weighted by Gasteiger charge is 2.23. The van der Waals surface area contributed by atoms with Gasteiger partial charge >= 0.3 is 0 Å². The fourth-order valence-corrected chi connectivity index (χ4v) is 4.28. The smallest absolute Gasteiger partial charge is 0.251 e. The first-order chi connectivity index (χ1) is 16.2. The van der Waals surface area contributed by atoms with Crippen LogP contribution in [0, 0.1) is 18.6 Å². The minimum atomic E-state index is -1.02. The Morgan fingerprint density at radius 3 is 2.47 bits per heavy atom. The first-order valence-electron chi connectivity index (χ1n) is 10.8. The molecule has 34 heavy (non-hydrogen) atoms. The lowest BCUT2D eigenvalue weighted by atomic mass is 10.00. The number of rotatable bonds is 10. The van der Waals surface area contributed by atoms with E-state index in [1.54, 1.807) is 19.2 Å². The topological polar surface area (TPSA) is 70.6 Å². The van der Waals surface area contributed by atoms with E-state index >= 15 is 0 Å². The maximum Gasteiger partial charge on any atom is 0.251 e. The number of aliphatic hydroxyl groups excluding tert-OH is 1. The average Bonchev–Trinajstić information content (AvgIpc) is 2.77. The molecule has 3 aromatic carbocycles. The van der Waals surface area contributed by atoms with Crippen molar-refractivity contribution in [3.63, 3.8) is 0 Å². The van der Waals surface area contributed by atoms with E-state index in [0.717, 1.165) is 27.4 Å². The fourth-order valence-electron chi connectivity index (χ4n) is 3.67. The Balaban J connectivity index is 1.73. The van der Waals surface area contributed by atoms with E-state index in [1.807, 2.05) is 37.3 Å². The van der Waals surface area contributed by atoms with Crippen molar-refractivity contribution >= 4 is 21.8 Å². The molecule has 0 aliphatic carbocycles. The summed E-state index contributed by atoms with van der Waals surface area (Å²) in [4.78, 5) is 12.9. The Bertz CT molecular complexity index is 1100. The molecule has 2 atom stereocenters. The predicted octanol–water partition coefficient (Wildman–Crippen LogP) is 4.54. The van der Waals surface area contributed by atoms with Crippen LogP contribution in [0.25, 0.3) is 0 Å². The number of hydrogen-bond acceptors (Lipinski definition) is 4. The highest BCUT2D eigenvalue weighted by molar-refractivity contribution is 9.10. The van der Waals surface area contributed by atoms with Gasteiger partial charge in [0.25, 0.3) is 5.91 Å². The Hall–Kier alpha value is -2.81. The van der Waals surface area contributed by atoms with Gasteiger partial charge in [-0.3, -0.25) is 4.79 Å². The van der Waals surface area contributed by atoms with Crippen LogP contribution in [0.1, 0.15) is 27.0 Å². The van der Waals surface area contributed by atoms with Crippen LogP contribution in [0.3, 0.4) is 0 Å². The van der Waals surface area contributed by atoms with Gasteiger partial charge in [0.2, 0.25) is 0 Å². The third-order valence-electron chi connectivity index (χ3n) is 5.28. The second-order valence-electron chi connectivity index (χ2n) is 8.13. The molecule has 180 valence electrons. The average molecular weight is 533 g/mol. The van der Waals surface area contributed by atoms with Crippen molar-refractivity contribution in [2.45, 2.75) is 32.0 Å². The van der Waals surface area contributed by atoms with Gasteiger partial charge in [-0.2, -0.15) is 0 Å². The largest absolute Gasteiger partial charge is 0.497 e. The summed E-state index contributed by atoms with van der Waals surface area (Å²) in [5, 5.41) is 16.9. The van der Waals surface area contributed by atoms with Crippen LogP contribution in [0.4, 0.5) is 8.78 Å². The predicted molar refractivity (Wildman–Crippen MR) is 131 cm³/mol. The molecule has 3 rings (SSSR count). The Morgan fingerprint density at radius 2 is 1.79 bits per heavy atom. The second kappa shape index (κ2) is 12.1. The van der Waals surface area contributed by atoms with E-state index in [-0.39, 0.29) is 13.0 Å². The van der Waals surface area contributed by atoms with Gasteiger partial charge < -0.3 is 20.5 Å². The van der Waals surface area contributed by atoms with Crippen LogP contribution < -0.4 is 15.4 Å². The third kappa shape index (κ3) is 7.62. The van der Waals surface area contributed by atoms with Crippen LogP contribution in [0.2, 0.25) is 0 Å². The summed E-state index contributed by atoms with van der Waals surface area (Å²) in [6, 6.07) is 15.2. The lowest BCUT2D eigenvalue weighted by Crippen LogP contribution is -2.48. The number of carbonyl (C=O) groups excluding carboxylic acids is 1. The number of nitrogens with one attached hydrogen (secondary N) is 2. The summed E-state index contributed by atoms with van der Waals surface area (Å²) in [5.41, 5.74) is 2.60. The summed E-state index contributed by atoms with van der Waals surface area (Å²) < 4.78 is 33.4. The quantitative estimate of drug-likeness (QED) is 0.358. The van der Waals surface area contributed by atoms with E-state index in [9.17, 15) is 18.7 Å². The molecule has 0 saturated heterocycles. The monoisotopic (exact) mass is 532 g/mol. The molecule has 0 unspecified atom stereocenters. The van der Waals surface area contributed by atoms with E-state index < -0.39 is 29.7 Å². The minimum absolute atomic E-state index is 0.0510. The minimum Gasteiger partial charge on any atom is -0.497 e. The van der Waals surface area contributed by atoms with Gasteiger partial charge in [0.1, 0.15) is 17.4 Å². The lowest BCUT2D eigenvalue weighted by molar-refractivity contribution is 0.0829. The number of methoxy groups -OCH3 is 1. The zero-order valence-electron chi connectivity index (χ0n) is 18.9. The van der Waals surface area contributed by atoms with Crippen LogP contribution >= 0.6 is 15.9 Å². The normalized spacial score (nSPS) is 12.8. The molecule has 0 spiro atoms. The molecule has 3 N–H and O–H groups in total. The van der Waals surface area contributed by atoms with Gasteiger partial charge in [0.15, 0.2) is 0 Å². The van der Waals surface area contributed by atoms with Crippen molar-refractivity contribution in [1.29, 1.82) is 0 Å². The fraction of sp³-hybridized carbons (Fsp3) is 0.269. The molecule has 0 saturated carbocycles. The number of carbonyl (C=O) groups is 1. The van der Waals surface area contributed by atoms with Crippen LogP contribution in [-0.4, -0.2) is 36.8 Å². The highest BCUT2D eigenvalue weighted by Crippen LogP contribution is 2.17. The maximum absolute atomic E-state index is 13.7. The Kier molecular flexibility index (Phi) is 9.15. The number of amides is 1. The summed E-state index contributed by atoms with van der Waals surface area (Å²) in [6.45, 7) is 2.48. The molecule has 1 amide bonds. The number of halogens is 3. The Morgan fingerprint density at radius 1 is 1.06 bits per heavy atom. The molecule has 0 heterocycles. The molecule has 0 aromatic heterocycles. The number of benzene rings is 3. The lowest BCUT2D eigenvalue weighted by Gasteiger charge is -2.25. The van der Waals surface area contributed by atoms with Crippen molar-refractivity contribution in [3.8, 4) is 5.75 Å². The first-order valence-corrected chi connectivity index (χ1v) is 11.6. The summed E-state index contributed by atoms with van der Waals surface area (Å²) in [5.74, 6) is -1.10. The SMILES string of the molecule is COc1cccc(CNC[C@@H](O)[C@H](Cc2cc(F)cc(F)c2)NC(=O)c2cc(C)cc(Br)c2)c1. The van der Waals surface area contributed by atoms with Crippen LogP contribution in [0.5, 0.6) is 5.75 Å². The maximum atomic E-state index is 13.7. The van der Waals surface area contributed by atoms with Crippen molar-refractivity contribution in [2.24, 2.45) is 0 Å². The molecule has 8 heteroatoms. The molecule has 0 radical (unpaired) electrons. The molecule has 0 aliphatic rings. The zero-order valence-corrected chi connectivity index (χ0v) is 20.5. The van der Waals surface area contributed by atoms with Gasteiger partial charge in [-0.05, 0) is 72.5 Å². The number of hydrogen-bond donors (Lipinski definition) is 3. The summed E-state index contributed by atoms with van der Waals surface area (Å²) in [6.07, 6.45) is -0.968. The van der Waals surface area contributed by atoms with Gasteiger partial charge in [0, 0.05) is 29.2 Å². The number of aliphatic hydroxyl groups is 1. The van der Waals surface area contributed by atoms with Gasteiger partial charge in [0.05, 0.1) is 19.3 Å². The van der Waals surface area contributed by atoms with E-state index in [1.165, 1.54) is 12.1 Å². The van der Waals surface area contributed by atoms with Crippen LogP contribution in [-0.2, 0) is 13.0 Å². The molecule has 0 fully saturated rings. The van der Waals surface area contributed by atoms with Crippen molar-refractivity contribution in [1.82, 2.24) is 10.6 Å². The standard InChI is InChI=1S/C26H27BrF2N2O3/c1-16-6-19(12-20(27)7-16)26(33)31-24(11-18-8-21(28)13-22(29)9-18)25(32)15-30-14-17-4-3-5-23(10-17)34-2/h3-10,12-13,24-25,30,32H,11,14-15H2,1-2H3,(H,31,33)/t24-,25+/m0/s1. The summed E-state index contributed by atoms with van der Waals surface area (Å²) in [7, 11) is 1.59. The second-order valence-corrected chi connectivity index (χ2v) is 9.04. The molecule has 0 bridgehead atoms. The van der Waals surface area contributed by atoms with Gasteiger partial charge in [-0.1, -0.05) is 28.1 Å². The van der Waals surface area contributed by atoms with Gasteiger partial charge in [-0.15, -0.1) is 0 Å². The number of ether oxygens (including phenoxy) is 1. The van der Waals surface area contributed by atoms with Crippen molar-refractivity contribution < 1.29 is 23.4 Å². The molecule has 0 aliphatic heterocycles. The highest BCUT2D eigenvalue weighted by atomic mass is 79.9. The van der Waals surface area contributed by atoms with Crippen molar-refractivity contribution in [2.75, 3.05) is 13.7 Å². The number of aryl methyl sites for hydroxylation is 1. The molecular weight excluding hydrogens is 506 g/mol. The third-order valence-corrected chi connectivity index (χ3v) is 5.74. The molecule has 5 nitrogen and oxygen atoms in total. The molecule has 3 aromatic rings. The Labute approximate surface area is 206 Å². The summed E-state index contributed by atoms with van der Waals surface area (Å²) >= 11 is 3.38. The van der Waals surface area contributed by atoms with E-state index in [2.05, 4.69) is 26.6 Å². The van der Waals surface area contributed by atoms with Crippen LogP contribution in [0.15, 0.2) is 65.1 Å². The van der Waals surface area contributed by atoms with Crippen molar-refractivity contribution in [3.05, 3.63) is 99.0 Å². The molecular formula is C26H27BrF2N2O3.